The molecule has 1 amide bonds. The van der Waals surface area contributed by atoms with Crippen molar-refractivity contribution in [3.63, 3.8) is 0 Å². The highest BCUT2D eigenvalue weighted by molar-refractivity contribution is 7.98. The molecule has 1 aromatic heterocycles. The molecule has 0 aliphatic carbocycles. The van der Waals surface area contributed by atoms with Crippen molar-refractivity contribution in [3.05, 3.63) is 112 Å². The van der Waals surface area contributed by atoms with Gasteiger partial charge in [-0.3, -0.25) is 4.79 Å². The molecule has 6 nitrogen and oxygen atoms in total. The van der Waals surface area contributed by atoms with Crippen LogP contribution in [-0.4, -0.2) is 20.7 Å². The van der Waals surface area contributed by atoms with E-state index in [1.54, 1.807) is 41.1 Å². The van der Waals surface area contributed by atoms with Crippen molar-refractivity contribution in [2.75, 3.05) is 10.6 Å². The number of aromatic nitrogens is 3. The first kappa shape index (κ1) is 26.0. The predicted molar refractivity (Wildman–Crippen MR) is 151 cm³/mol. The number of rotatable bonds is 7. The summed E-state index contributed by atoms with van der Waals surface area (Å²) in [5.74, 6) is 0.783. The minimum atomic E-state index is -0.505. The van der Waals surface area contributed by atoms with Crippen molar-refractivity contribution < 1.29 is 9.18 Å². The van der Waals surface area contributed by atoms with Gasteiger partial charge in [0.2, 0.25) is 11.1 Å². The van der Waals surface area contributed by atoms with Gasteiger partial charge < -0.3 is 10.6 Å². The molecule has 4 aromatic rings. The molecule has 0 saturated heterocycles. The molecular formula is C29H27ClFN5OS. The van der Waals surface area contributed by atoms with Gasteiger partial charge in [-0.15, -0.1) is 5.10 Å². The first-order chi connectivity index (χ1) is 18.3. The van der Waals surface area contributed by atoms with Gasteiger partial charge in [-0.25, -0.2) is 9.07 Å². The average molecular weight is 548 g/mol. The van der Waals surface area contributed by atoms with E-state index in [9.17, 15) is 9.18 Å². The molecule has 1 atom stereocenters. The van der Waals surface area contributed by atoms with E-state index < -0.39 is 6.04 Å². The number of halogens is 2. The van der Waals surface area contributed by atoms with E-state index in [1.165, 1.54) is 23.4 Å². The normalized spacial score (nSPS) is 14.8. The lowest BCUT2D eigenvalue weighted by atomic mass is 9.93. The fourth-order valence-corrected chi connectivity index (χ4v) is 5.29. The summed E-state index contributed by atoms with van der Waals surface area (Å²) in [7, 11) is 0. The topological polar surface area (TPSA) is 71.8 Å². The highest BCUT2D eigenvalue weighted by Gasteiger charge is 2.34. The van der Waals surface area contributed by atoms with Gasteiger partial charge in [-0.1, -0.05) is 79.7 Å². The van der Waals surface area contributed by atoms with Gasteiger partial charge in [0, 0.05) is 22.2 Å². The molecule has 1 aliphatic rings. The van der Waals surface area contributed by atoms with Gasteiger partial charge in [-0.05, 0) is 59.9 Å². The van der Waals surface area contributed by atoms with E-state index in [0.29, 0.717) is 50.3 Å². The zero-order chi connectivity index (χ0) is 26.8. The first-order valence-corrected chi connectivity index (χ1v) is 13.6. The number of hydrogen-bond acceptors (Lipinski definition) is 5. The van der Waals surface area contributed by atoms with E-state index in [2.05, 4.69) is 41.6 Å². The van der Waals surface area contributed by atoms with Crippen molar-refractivity contribution in [2.45, 2.75) is 43.6 Å². The molecule has 2 N–H and O–H groups in total. The quantitative estimate of drug-likeness (QED) is 0.236. The Morgan fingerprint density at radius 2 is 1.82 bits per heavy atom. The zero-order valence-electron chi connectivity index (χ0n) is 21.2. The van der Waals surface area contributed by atoms with E-state index in [0.717, 1.165) is 5.56 Å². The van der Waals surface area contributed by atoms with Crippen LogP contribution in [0, 0.1) is 5.82 Å². The van der Waals surface area contributed by atoms with Crippen LogP contribution in [0.5, 0.6) is 0 Å². The van der Waals surface area contributed by atoms with Crippen LogP contribution in [0.1, 0.15) is 49.4 Å². The minimum absolute atomic E-state index is 0.253. The molecule has 0 saturated carbocycles. The number of carbonyl (C=O) groups is 1. The Hall–Kier alpha value is -3.62. The van der Waals surface area contributed by atoms with Crippen LogP contribution in [0.15, 0.2) is 89.2 Å². The first-order valence-electron chi connectivity index (χ1n) is 12.3. The molecular weight excluding hydrogens is 521 g/mol. The fourth-order valence-electron chi connectivity index (χ4n) is 4.35. The smallest absolute Gasteiger partial charge is 0.255 e. The van der Waals surface area contributed by atoms with Crippen LogP contribution in [0.2, 0.25) is 5.02 Å². The summed E-state index contributed by atoms with van der Waals surface area (Å²) >= 11 is 7.36. The Kier molecular flexibility index (Phi) is 7.53. The van der Waals surface area contributed by atoms with E-state index in [-0.39, 0.29) is 11.7 Å². The van der Waals surface area contributed by atoms with Gasteiger partial charge in [-0.2, -0.15) is 4.98 Å². The molecule has 0 fully saturated rings. The Balaban J connectivity index is 1.50. The van der Waals surface area contributed by atoms with Gasteiger partial charge in [0.1, 0.15) is 11.9 Å². The number of benzene rings is 3. The lowest BCUT2D eigenvalue weighted by molar-refractivity contribution is -0.113. The maximum atomic E-state index is 14.2. The molecule has 194 valence electrons. The van der Waals surface area contributed by atoms with Crippen LogP contribution in [0.25, 0.3) is 0 Å². The highest BCUT2D eigenvalue weighted by atomic mass is 35.5. The molecule has 38 heavy (non-hydrogen) atoms. The minimum Gasteiger partial charge on any atom is -0.328 e. The van der Waals surface area contributed by atoms with Crippen LogP contribution in [0.4, 0.5) is 16.0 Å². The maximum absolute atomic E-state index is 14.2. The summed E-state index contributed by atoms with van der Waals surface area (Å²) in [6, 6.07) is 21.4. The number of allylic oxidation sites excluding steroid dienone is 1. The zero-order valence-corrected chi connectivity index (χ0v) is 22.8. The van der Waals surface area contributed by atoms with Crippen LogP contribution in [-0.2, 0) is 10.5 Å². The monoisotopic (exact) mass is 547 g/mol. The number of amides is 1. The number of nitrogens with one attached hydrogen (secondary N) is 2. The van der Waals surface area contributed by atoms with Crippen LogP contribution in [0.3, 0.4) is 0 Å². The van der Waals surface area contributed by atoms with Crippen molar-refractivity contribution in [3.8, 4) is 0 Å². The Morgan fingerprint density at radius 3 is 2.50 bits per heavy atom. The second-order valence-corrected chi connectivity index (χ2v) is 10.8. The highest BCUT2D eigenvalue weighted by Crippen LogP contribution is 2.37. The molecule has 0 radical (unpaired) electrons. The molecule has 0 spiro atoms. The molecule has 9 heteroatoms. The van der Waals surface area contributed by atoms with Gasteiger partial charge >= 0.3 is 0 Å². The lowest BCUT2D eigenvalue weighted by Gasteiger charge is -2.29. The SMILES string of the molecule is CC1=C(C(=O)Nc2ccc(Cl)cc2)[C@@H](c2ccc(C(C)C)cc2)n2nc(SCc3ccccc3F)nc2N1. The Bertz CT molecular complexity index is 1500. The van der Waals surface area contributed by atoms with Gasteiger partial charge in [0.05, 0.1) is 5.57 Å². The summed E-state index contributed by atoms with van der Waals surface area (Å²) in [4.78, 5) is 18.3. The summed E-state index contributed by atoms with van der Waals surface area (Å²) in [6.45, 7) is 6.14. The third kappa shape index (κ3) is 5.47. The third-order valence-electron chi connectivity index (χ3n) is 6.41. The average Bonchev–Trinajstić information content (AvgIpc) is 3.31. The largest absolute Gasteiger partial charge is 0.328 e. The number of hydrogen-bond donors (Lipinski definition) is 2. The Labute approximate surface area is 230 Å². The van der Waals surface area contributed by atoms with Crippen molar-refractivity contribution >= 4 is 40.9 Å². The second kappa shape index (κ2) is 11.0. The molecule has 0 bridgehead atoms. The molecule has 2 heterocycles. The summed E-state index contributed by atoms with van der Waals surface area (Å²) in [5.41, 5.74) is 4.54. The standard InChI is InChI=1S/C29H27ClFN5OS/c1-17(2)19-8-10-20(11-9-19)26-25(27(37)33-23-14-12-22(30)13-15-23)18(3)32-28-34-29(35-36(26)28)38-16-21-6-4-5-7-24(21)31/h4-15,17,26H,16H2,1-3H3,(H,33,37)(H,32,34,35)/t26-/m1/s1. The second-order valence-electron chi connectivity index (χ2n) is 9.39. The number of anilines is 2. The fraction of sp³-hybridized carbons (Fsp3) is 0.207. The molecule has 1 aliphatic heterocycles. The lowest BCUT2D eigenvalue weighted by Crippen LogP contribution is -2.31. The number of fused-ring (bicyclic) bond motifs is 1. The van der Waals surface area contributed by atoms with Gasteiger partial charge in [0.25, 0.3) is 5.91 Å². The van der Waals surface area contributed by atoms with Crippen molar-refractivity contribution in [2.24, 2.45) is 0 Å². The van der Waals surface area contributed by atoms with E-state index in [1.807, 2.05) is 25.1 Å². The van der Waals surface area contributed by atoms with Crippen LogP contribution >= 0.6 is 23.4 Å². The van der Waals surface area contributed by atoms with E-state index in [4.69, 9.17) is 16.7 Å². The Morgan fingerprint density at radius 1 is 1.11 bits per heavy atom. The molecule has 5 rings (SSSR count). The van der Waals surface area contributed by atoms with E-state index >= 15 is 0 Å². The molecule has 3 aromatic carbocycles. The summed E-state index contributed by atoms with van der Waals surface area (Å²) in [5, 5.41) is 12.1. The predicted octanol–water partition coefficient (Wildman–Crippen LogP) is 7.41. The number of carbonyl (C=O) groups excluding carboxylic acids is 1. The summed E-state index contributed by atoms with van der Waals surface area (Å²) < 4.78 is 15.9. The number of nitrogens with zero attached hydrogens (tertiary/aromatic N) is 3. The number of thioether (sulfide) groups is 1. The van der Waals surface area contributed by atoms with Crippen molar-refractivity contribution in [1.82, 2.24) is 14.8 Å². The summed E-state index contributed by atoms with van der Waals surface area (Å²) in [6.07, 6.45) is 0. The maximum Gasteiger partial charge on any atom is 0.255 e. The third-order valence-corrected chi connectivity index (χ3v) is 7.55. The molecule has 0 unspecified atom stereocenters. The van der Waals surface area contributed by atoms with Crippen LogP contribution < -0.4 is 10.6 Å². The van der Waals surface area contributed by atoms with Gasteiger partial charge in [0.15, 0.2) is 0 Å². The van der Waals surface area contributed by atoms with Crippen molar-refractivity contribution in [1.29, 1.82) is 0 Å².